The summed E-state index contributed by atoms with van der Waals surface area (Å²) in [6.45, 7) is 7.98. The molecule has 0 bridgehead atoms. The first kappa shape index (κ1) is 9.83. The van der Waals surface area contributed by atoms with Crippen LogP contribution in [0.4, 0.5) is 0 Å². The summed E-state index contributed by atoms with van der Waals surface area (Å²) in [4.78, 5) is 11.7. The predicted molar refractivity (Wildman–Crippen MR) is 59.1 cm³/mol. The second-order valence-corrected chi connectivity index (χ2v) is 3.86. The van der Waals surface area contributed by atoms with Crippen molar-refractivity contribution >= 4 is 10.9 Å². The Bertz CT molecular complexity index is 599. The molecule has 1 aromatic heterocycles. The summed E-state index contributed by atoms with van der Waals surface area (Å²) in [5, 5.41) is 10.6. The van der Waals surface area contributed by atoms with E-state index in [1.54, 1.807) is 0 Å². The quantitative estimate of drug-likeness (QED) is 0.706. The second kappa shape index (κ2) is 3.15. The fourth-order valence-electron chi connectivity index (χ4n) is 1.87. The van der Waals surface area contributed by atoms with Crippen molar-refractivity contribution in [2.24, 2.45) is 0 Å². The summed E-state index contributed by atoms with van der Waals surface area (Å²) >= 11 is 0. The Balaban J connectivity index is 3.15. The standard InChI is InChI=1S/C11H13N3O/c1-5-6(2)8(4)10-9(7(5)3)11(15)13-14-12-10/h1-4H3,(H,12,13,15). The molecule has 0 spiro atoms. The van der Waals surface area contributed by atoms with Crippen LogP contribution in [-0.4, -0.2) is 15.4 Å². The van der Waals surface area contributed by atoms with Gasteiger partial charge in [-0.25, -0.2) is 5.10 Å². The van der Waals surface area contributed by atoms with Gasteiger partial charge >= 0.3 is 0 Å². The Hall–Kier alpha value is -1.71. The van der Waals surface area contributed by atoms with Crippen molar-refractivity contribution in [1.29, 1.82) is 0 Å². The van der Waals surface area contributed by atoms with Crippen LogP contribution in [0.25, 0.3) is 10.9 Å². The first-order valence-electron chi connectivity index (χ1n) is 4.85. The third-order valence-corrected chi connectivity index (χ3v) is 3.18. The van der Waals surface area contributed by atoms with Gasteiger partial charge in [-0.1, -0.05) is 5.21 Å². The maximum absolute atomic E-state index is 11.7. The molecule has 0 unspecified atom stereocenters. The lowest BCUT2D eigenvalue weighted by Gasteiger charge is -2.11. The maximum atomic E-state index is 11.7. The van der Waals surface area contributed by atoms with Crippen molar-refractivity contribution in [1.82, 2.24) is 15.4 Å². The van der Waals surface area contributed by atoms with Crippen LogP contribution in [0.3, 0.4) is 0 Å². The van der Waals surface area contributed by atoms with Crippen LogP contribution in [0.1, 0.15) is 22.3 Å². The fourth-order valence-corrected chi connectivity index (χ4v) is 1.87. The molecule has 0 amide bonds. The third kappa shape index (κ3) is 1.25. The molecule has 0 aliphatic carbocycles. The van der Waals surface area contributed by atoms with E-state index in [9.17, 15) is 4.79 Å². The SMILES string of the molecule is Cc1c(C)c(C)c2c(=O)[nH]nnc2c1C. The molecule has 0 radical (unpaired) electrons. The molecule has 1 aromatic carbocycles. The molecule has 0 aliphatic heterocycles. The molecule has 1 N–H and O–H groups in total. The molecule has 0 saturated heterocycles. The first-order chi connectivity index (χ1) is 7.04. The van der Waals surface area contributed by atoms with Gasteiger partial charge in [0.25, 0.3) is 5.56 Å². The highest BCUT2D eigenvalue weighted by atomic mass is 16.1. The topological polar surface area (TPSA) is 58.6 Å². The lowest BCUT2D eigenvalue weighted by atomic mass is 9.95. The number of H-pyrrole nitrogens is 1. The van der Waals surface area contributed by atoms with Gasteiger partial charge in [0.15, 0.2) is 0 Å². The Morgan fingerprint density at radius 1 is 0.933 bits per heavy atom. The molecule has 0 saturated carbocycles. The van der Waals surface area contributed by atoms with Crippen molar-refractivity contribution in [3.05, 3.63) is 32.6 Å². The molecule has 1 heterocycles. The van der Waals surface area contributed by atoms with Crippen LogP contribution in [0.15, 0.2) is 4.79 Å². The normalized spacial score (nSPS) is 10.9. The summed E-state index contributed by atoms with van der Waals surface area (Å²) < 4.78 is 0. The van der Waals surface area contributed by atoms with Gasteiger partial charge in [-0.2, -0.15) is 0 Å². The first-order valence-corrected chi connectivity index (χ1v) is 4.85. The van der Waals surface area contributed by atoms with Gasteiger partial charge in [-0.05, 0) is 49.9 Å². The molecule has 15 heavy (non-hydrogen) atoms. The number of benzene rings is 1. The van der Waals surface area contributed by atoms with Crippen molar-refractivity contribution in [3.8, 4) is 0 Å². The number of aromatic amines is 1. The lowest BCUT2D eigenvalue weighted by molar-refractivity contribution is 0.867. The monoisotopic (exact) mass is 203 g/mol. The number of nitrogens with zero attached hydrogens (tertiary/aromatic N) is 2. The molecule has 2 aromatic rings. The summed E-state index contributed by atoms with van der Waals surface area (Å²) in [7, 11) is 0. The molecule has 4 nitrogen and oxygen atoms in total. The molecule has 78 valence electrons. The van der Waals surface area contributed by atoms with Crippen molar-refractivity contribution < 1.29 is 0 Å². The summed E-state index contributed by atoms with van der Waals surface area (Å²) in [6, 6.07) is 0. The number of aryl methyl sites for hydroxylation is 2. The number of aromatic nitrogens is 3. The zero-order valence-corrected chi connectivity index (χ0v) is 9.30. The Morgan fingerprint density at radius 3 is 2.20 bits per heavy atom. The highest BCUT2D eigenvalue weighted by Crippen LogP contribution is 2.24. The van der Waals surface area contributed by atoms with Crippen LogP contribution in [0.2, 0.25) is 0 Å². The second-order valence-electron chi connectivity index (χ2n) is 3.86. The zero-order chi connectivity index (χ0) is 11.2. The smallest absolute Gasteiger partial charge is 0.267 e. The highest BCUT2D eigenvalue weighted by molar-refractivity contribution is 5.86. The minimum Gasteiger partial charge on any atom is -0.267 e. The van der Waals surface area contributed by atoms with Crippen LogP contribution >= 0.6 is 0 Å². The Labute approximate surface area is 87.3 Å². The van der Waals surface area contributed by atoms with Crippen molar-refractivity contribution in [3.63, 3.8) is 0 Å². The van der Waals surface area contributed by atoms with Crippen LogP contribution in [0.5, 0.6) is 0 Å². The summed E-state index contributed by atoms with van der Waals surface area (Å²) in [5.41, 5.74) is 4.90. The molecule has 0 atom stereocenters. The van der Waals surface area contributed by atoms with Crippen LogP contribution < -0.4 is 5.56 Å². The maximum Gasteiger partial charge on any atom is 0.275 e. The minimum atomic E-state index is -0.163. The number of fused-ring (bicyclic) bond motifs is 1. The zero-order valence-electron chi connectivity index (χ0n) is 9.30. The van der Waals surface area contributed by atoms with E-state index >= 15 is 0 Å². The van der Waals surface area contributed by atoms with E-state index < -0.39 is 0 Å². The van der Waals surface area contributed by atoms with Gasteiger partial charge in [-0.3, -0.25) is 4.79 Å². The number of rotatable bonds is 0. The van der Waals surface area contributed by atoms with Gasteiger partial charge in [-0.15, -0.1) is 5.10 Å². The number of hydrogen-bond acceptors (Lipinski definition) is 3. The van der Waals surface area contributed by atoms with Gasteiger partial charge in [0.2, 0.25) is 0 Å². The van der Waals surface area contributed by atoms with Crippen molar-refractivity contribution in [2.75, 3.05) is 0 Å². The number of hydrogen-bond donors (Lipinski definition) is 1. The molecule has 2 rings (SSSR count). The van der Waals surface area contributed by atoms with E-state index in [-0.39, 0.29) is 5.56 Å². The average molecular weight is 203 g/mol. The van der Waals surface area contributed by atoms with Gasteiger partial charge < -0.3 is 0 Å². The highest BCUT2D eigenvalue weighted by Gasteiger charge is 2.12. The molecule has 4 heteroatoms. The van der Waals surface area contributed by atoms with E-state index in [4.69, 9.17) is 0 Å². The summed E-state index contributed by atoms with van der Waals surface area (Å²) in [5.74, 6) is 0. The molecular weight excluding hydrogens is 190 g/mol. The van der Waals surface area contributed by atoms with Gasteiger partial charge in [0.1, 0.15) is 5.52 Å². The predicted octanol–water partition coefficient (Wildman–Crippen LogP) is 1.55. The molecular formula is C11H13N3O. The van der Waals surface area contributed by atoms with Crippen molar-refractivity contribution in [2.45, 2.75) is 27.7 Å². The van der Waals surface area contributed by atoms with E-state index in [1.165, 1.54) is 5.56 Å². The fraction of sp³-hybridized carbons (Fsp3) is 0.364. The lowest BCUT2D eigenvalue weighted by Crippen LogP contribution is -2.13. The number of nitrogens with one attached hydrogen (secondary N) is 1. The largest absolute Gasteiger partial charge is 0.275 e. The third-order valence-electron chi connectivity index (χ3n) is 3.18. The van der Waals surface area contributed by atoms with Gasteiger partial charge in [0.05, 0.1) is 5.39 Å². The van der Waals surface area contributed by atoms with E-state index in [0.29, 0.717) is 10.9 Å². The van der Waals surface area contributed by atoms with Gasteiger partial charge in [0, 0.05) is 0 Å². The molecule has 0 fully saturated rings. The Kier molecular flexibility index (Phi) is 2.07. The van der Waals surface area contributed by atoms with E-state index in [2.05, 4.69) is 15.4 Å². The van der Waals surface area contributed by atoms with E-state index in [1.807, 2.05) is 27.7 Å². The average Bonchev–Trinajstić information content (AvgIpc) is 2.23. The summed E-state index contributed by atoms with van der Waals surface area (Å²) in [6.07, 6.45) is 0. The van der Waals surface area contributed by atoms with Crippen LogP contribution in [-0.2, 0) is 0 Å². The Morgan fingerprint density at radius 2 is 1.53 bits per heavy atom. The van der Waals surface area contributed by atoms with E-state index in [0.717, 1.165) is 16.7 Å². The van der Waals surface area contributed by atoms with Crippen LogP contribution in [0, 0.1) is 27.7 Å². The minimum absolute atomic E-state index is 0.163. The molecule has 0 aliphatic rings.